The lowest BCUT2D eigenvalue weighted by molar-refractivity contribution is 0.0897. The summed E-state index contributed by atoms with van der Waals surface area (Å²) in [6, 6.07) is 7.78. The van der Waals surface area contributed by atoms with E-state index in [0.29, 0.717) is 12.4 Å². The van der Waals surface area contributed by atoms with Crippen LogP contribution in [0.1, 0.15) is 35.9 Å². The Morgan fingerprint density at radius 1 is 1.40 bits per heavy atom. The Labute approximate surface area is 119 Å². The first-order chi connectivity index (χ1) is 9.63. The van der Waals surface area contributed by atoms with Crippen molar-refractivity contribution >= 4 is 16.9 Å². The molecular weight excluding hydrogens is 254 g/mol. The molecule has 1 N–H and O–H groups in total. The normalized spacial score (nSPS) is 12.6. The molecule has 2 aromatic rings. The average Bonchev–Trinajstić information content (AvgIpc) is 2.86. The largest absolute Gasteiger partial charge is 0.451 e. The van der Waals surface area contributed by atoms with Crippen molar-refractivity contribution in [2.24, 2.45) is 0 Å². The molecule has 0 saturated carbocycles. The third-order valence-electron chi connectivity index (χ3n) is 3.39. The third-order valence-corrected chi connectivity index (χ3v) is 3.39. The van der Waals surface area contributed by atoms with Crippen LogP contribution in [-0.2, 0) is 4.74 Å². The fourth-order valence-electron chi connectivity index (χ4n) is 2.17. The van der Waals surface area contributed by atoms with E-state index in [1.165, 1.54) is 0 Å². The molecule has 0 radical (unpaired) electrons. The zero-order chi connectivity index (χ0) is 14.5. The van der Waals surface area contributed by atoms with E-state index in [9.17, 15) is 4.79 Å². The number of rotatable bonds is 6. The lowest BCUT2D eigenvalue weighted by Crippen LogP contribution is -2.34. The van der Waals surface area contributed by atoms with Crippen molar-refractivity contribution < 1.29 is 13.9 Å². The molecule has 4 heteroatoms. The second-order valence-electron chi connectivity index (χ2n) is 5.01. The van der Waals surface area contributed by atoms with Crippen LogP contribution in [0.3, 0.4) is 0 Å². The van der Waals surface area contributed by atoms with Gasteiger partial charge in [0, 0.05) is 25.1 Å². The number of amides is 1. The van der Waals surface area contributed by atoms with Crippen LogP contribution in [0.4, 0.5) is 0 Å². The standard InChI is InChI=1S/C16H21NO3/c1-4-13(7-8-19-3)17-16(18)15-10-12-9-11(2)5-6-14(12)20-15/h5-6,9-10,13H,4,7-8H2,1-3H3,(H,17,18). The minimum Gasteiger partial charge on any atom is -0.451 e. The van der Waals surface area contributed by atoms with Gasteiger partial charge in [0.05, 0.1) is 0 Å². The monoisotopic (exact) mass is 275 g/mol. The lowest BCUT2D eigenvalue weighted by atomic mass is 10.1. The average molecular weight is 275 g/mol. The number of carbonyl (C=O) groups excluding carboxylic acids is 1. The van der Waals surface area contributed by atoms with Gasteiger partial charge in [-0.05, 0) is 38.0 Å². The van der Waals surface area contributed by atoms with E-state index in [0.717, 1.165) is 29.4 Å². The highest BCUT2D eigenvalue weighted by Crippen LogP contribution is 2.20. The molecule has 108 valence electrons. The first-order valence-electron chi connectivity index (χ1n) is 6.94. The maximum atomic E-state index is 12.2. The van der Waals surface area contributed by atoms with Crippen molar-refractivity contribution in [1.82, 2.24) is 5.32 Å². The van der Waals surface area contributed by atoms with Gasteiger partial charge in [-0.15, -0.1) is 0 Å². The van der Waals surface area contributed by atoms with Gasteiger partial charge in [0.2, 0.25) is 0 Å². The number of carbonyl (C=O) groups is 1. The Kier molecular flexibility index (Phi) is 4.79. The van der Waals surface area contributed by atoms with Gasteiger partial charge in [0.25, 0.3) is 5.91 Å². The molecule has 1 unspecified atom stereocenters. The summed E-state index contributed by atoms with van der Waals surface area (Å²) in [4.78, 5) is 12.2. The number of fused-ring (bicyclic) bond motifs is 1. The number of hydrogen-bond acceptors (Lipinski definition) is 3. The summed E-state index contributed by atoms with van der Waals surface area (Å²) in [5.41, 5.74) is 1.89. The van der Waals surface area contributed by atoms with E-state index in [2.05, 4.69) is 5.32 Å². The highest BCUT2D eigenvalue weighted by molar-refractivity contribution is 5.96. The number of methoxy groups -OCH3 is 1. The van der Waals surface area contributed by atoms with Crippen molar-refractivity contribution in [1.29, 1.82) is 0 Å². The van der Waals surface area contributed by atoms with Crippen LogP contribution in [0.25, 0.3) is 11.0 Å². The Bertz CT molecular complexity index is 588. The highest BCUT2D eigenvalue weighted by atomic mass is 16.5. The minimum absolute atomic E-state index is 0.109. The summed E-state index contributed by atoms with van der Waals surface area (Å²) in [6.07, 6.45) is 1.67. The maximum absolute atomic E-state index is 12.2. The van der Waals surface area contributed by atoms with E-state index in [1.54, 1.807) is 13.2 Å². The Balaban J connectivity index is 2.10. The molecule has 0 saturated heterocycles. The van der Waals surface area contributed by atoms with E-state index in [-0.39, 0.29) is 11.9 Å². The highest BCUT2D eigenvalue weighted by Gasteiger charge is 2.16. The molecule has 0 fully saturated rings. The van der Waals surface area contributed by atoms with E-state index >= 15 is 0 Å². The second kappa shape index (κ2) is 6.57. The Morgan fingerprint density at radius 3 is 2.90 bits per heavy atom. The van der Waals surface area contributed by atoms with Gasteiger partial charge in [-0.1, -0.05) is 18.6 Å². The fourth-order valence-corrected chi connectivity index (χ4v) is 2.17. The molecule has 20 heavy (non-hydrogen) atoms. The van der Waals surface area contributed by atoms with Gasteiger partial charge >= 0.3 is 0 Å². The minimum atomic E-state index is -0.165. The zero-order valence-electron chi connectivity index (χ0n) is 12.2. The molecule has 1 amide bonds. The molecular formula is C16H21NO3. The molecule has 2 rings (SSSR count). The molecule has 1 heterocycles. The molecule has 0 bridgehead atoms. The number of benzene rings is 1. The number of ether oxygens (including phenoxy) is 1. The zero-order valence-corrected chi connectivity index (χ0v) is 12.2. The van der Waals surface area contributed by atoms with Crippen molar-refractivity contribution in [3.8, 4) is 0 Å². The van der Waals surface area contributed by atoms with E-state index < -0.39 is 0 Å². The lowest BCUT2D eigenvalue weighted by Gasteiger charge is -2.15. The second-order valence-corrected chi connectivity index (χ2v) is 5.01. The predicted octanol–water partition coefficient (Wildman–Crippen LogP) is 3.29. The van der Waals surface area contributed by atoms with Crippen molar-refractivity contribution in [2.45, 2.75) is 32.7 Å². The molecule has 1 aromatic carbocycles. The van der Waals surface area contributed by atoms with Crippen LogP contribution in [0.2, 0.25) is 0 Å². The summed E-state index contributed by atoms with van der Waals surface area (Å²) < 4.78 is 10.6. The van der Waals surface area contributed by atoms with Gasteiger partial charge in [-0.25, -0.2) is 0 Å². The molecule has 4 nitrogen and oxygen atoms in total. The molecule has 0 aliphatic heterocycles. The first kappa shape index (κ1) is 14.6. The number of furan rings is 1. The summed E-state index contributed by atoms with van der Waals surface area (Å²) in [5.74, 6) is 0.197. The van der Waals surface area contributed by atoms with Crippen LogP contribution in [0, 0.1) is 6.92 Å². The molecule has 0 aliphatic carbocycles. The van der Waals surface area contributed by atoms with Crippen LogP contribution in [0.5, 0.6) is 0 Å². The quantitative estimate of drug-likeness (QED) is 0.880. The van der Waals surface area contributed by atoms with Crippen LogP contribution >= 0.6 is 0 Å². The molecule has 1 aromatic heterocycles. The van der Waals surface area contributed by atoms with Gasteiger partial charge in [-0.2, -0.15) is 0 Å². The van der Waals surface area contributed by atoms with Crippen molar-refractivity contribution in [2.75, 3.05) is 13.7 Å². The summed E-state index contributed by atoms with van der Waals surface area (Å²) >= 11 is 0. The van der Waals surface area contributed by atoms with Gasteiger partial charge in [0.1, 0.15) is 5.58 Å². The van der Waals surface area contributed by atoms with E-state index in [1.807, 2.05) is 32.0 Å². The number of hydrogen-bond donors (Lipinski definition) is 1. The summed E-state index contributed by atoms with van der Waals surface area (Å²) in [7, 11) is 1.66. The SMILES string of the molecule is CCC(CCOC)NC(=O)c1cc2cc(C)ccc2o1. The third kappa shape index (κ3) is 3.39. The van der Waals surface area contributed by atoms with Gasteiger partial charge in [0.15, 0.2) is 5.76 Å². The maximum Gasteiger partial charge on any atom is 0.287 e. The Morgan fingerprint density at radius 2 is 2.20 bits per heavy atom. The van der Waals surface area contributed by atoms with Crippen LogP contribution in [0.15, 0.2) is 28.7 Å². The summed E-state index contributed by atoms with van der Waals surface area (Å²) in [5, 5.41) is 3.94. The Hall–Kier alpha value is -1.81. The topological polar surface area (TPSA) is 51.5 Å². The fraction of sp³-hybridized carbons (Fsp3) is 0.438. The summed E-state index contributed by atoms with van der Waals surface area (Å²) in [6.45, 7) is 4.70. The van der Waals surface area contributed by atoms with E-state index in [4.69, 9.17) is 9.15 Å². The van der Waals surface area contributed by atoms with Gasteiger partial charge in [-0.3, -0.25) is 4.79 Å². The predicted molar refractivity (Wildman–Crippen MR) is 79.0 cm³/mol. The number of nitrogens with one attached hydrogen (secondary N) is 1. The molecule has 0 aliphatic rings. The molecule has 1 atom stereocenters. The smallest absolute Gasteiger partial charge is 0.287 e. The number of aryl methyl sites for hydroxylation is 1. The van der Waals surface area contributed by atoms with Crippen LogP contribution in [-0.4, -0.2) is 25.7 Å². The first-order valence-corrected chi connectivity index (χ1v) is 6.94. The van der Waals surface area contributed by atoms with Crippen molar-refractivity contribution in [3.05, 3.63) is 35.6 Å². The van der Waals surface area contributed by atoms with Crippen molar-refractivity contribution in [3.63, 3.8) is 0 Å². The molecule has 0 spiro atoms. The van der Waals surface area contributed by atoms with Gasteiger partial charge < -0.3 is 14.5 Å². The van der Waals surface area contributed by atoms with Crippen LogP contribution < -0.4 is 5.32 Å².